The lowest BCUT2D eigenvalue weighted by atomic mass is 10.1. The minimum absolute atomic E-state index is 0.295. The molecular weight excluding hydrogens is 194 g/mol. The maximum atomic E-state index is 11.2. The summed E-state index contributed by atoms with van der Waals surface area (Å²) in [5.74, 6) is 0. The second-order valence-electron chi connectivity index (χ2n) is 3.81. The van der Waals surface area contributed by atoms with E-state index in [1.165, 1.54) is 0 Å². The summed E-state index contributed by atoms with van der Waals surface area (Å²) < 4.78 is 0. The number of carbonyl (C=O) groups is 1. The fourth-order valence-electron chi connectivity index (χ4n) is 1.87. The zero-order valence-corrected chi connectivity index (χ0v) is 8.62. The van der Waals surface area contributed by atoms with Gasteiger partial charge in [-0.2, -0.15) is 4.98 Å². The monoisotopic (exact) mass is 207 g/mol. The first kappa shape index (κ1) is 10.0. The van der Waals surface area contributed by atoms with Gasteiger partial charge in [-0.1, -0.05) is 0 Å². The number of aromatic nitrogens is 2. The third kappa shape index (κ3) is 1.97. The maximum absolute atomic E-state index is 11.2. The third-order valence-electron chi connectivity index (χ3n) is 2.75. The Morgan fingerprint density at radius 2 is 2.13 bits per heavy atom. The van der Waals surface area contributed by atoms with Crippen LogP contribution in [-0.2, 0) is 12.8 Å². The Morgan fingerprint density at radius 3 is 2.87 bits per heavy atom. The van der Waals surface area contributed by atoms with Gasteiger partial charge in [-0.25, -0.2) is 4.79 Å². The van der Waals surface area contributed by atoms with E-state index >= 15 is 0 Å². The Balaban J connectivity index is 2.50. The van der Waals surface area contributed by atoms with E-state index in [0.717, 1.165) is 37.2 Å². The van der Waals surface area contributed by atoms with Gasteiger partial charge in [0.25, 0.3) is 0 Å². The van der Waals surface area contributed by atoms with E-state index in [1.807, 2.05) is 7.05 Å². The Morgan fingerprint density at radius 1 is 1.40 bits per heavy atom. The molecule has 1 aromatic heterocycles. The number of hydrogen-bond donors (Lipinski definition) is 1. The number of hydrogen-bond acceptors (Lipinski definition) is 4. The van der Waals surface area contributed by atoms with Crippen LogP contribution in [0.1, 0.15) is 21.7 Å². The van der Waals surface area contributed by atoms with Gasteiger partial charge in [0, 0.05) is 30.8 Å². The van der Waals surface area contributed by atoms with Crippen molar-refractivity contribution in [3.63, 3.8) is 0 Å². The molecule has 15 heavy (non-hydrogen) atoms. The fraction of sp³-hybridized carbons (Fsp3) is 0.500. The smallest absolute Gasteiger partial charge is 0.309 e. The molecule has 0 spiro atoms. The maximum Gasteiger partial charge on any atom is 0.345 e. The molecule has 2 heterocycles. The van der Waals surface area contributed by atoms with Gasteiger partial charge in [0.15, 0.2) is 6.29 Å². The molecule has 0 saturated carbocycles. The van der Waals surface area contributed by atoms with Crippen molar-refractivity contribution >= 4 is 6.29 Å². The van der Waals surface area contributed by atoms with Crippen molar-refractivity contribution in [3.05, 3.63) is 27.4 Å². The van der Waals surface area contributed by atoms with Gasteiger partial charge in [0.1, 0.15) is 5.69 Å². The lowest BCUT2D eigenvalue weighted by Gasteiger charge is -2.10. The summed E-state index contributed by atoms with van der Waals surface area (Å²) in [6, 6.07) is 0. The molecule has 1 aliphatic heterocycles. The number of aldehydes is 1. The van der Waals surface area contributed by atoms with Gasteiger partial charge in [-0.3, -0.25) is 4.79 Å². The highest BCUT2D eigenvalue weighted by molar-refractivity contribution is 5.74. The van der Waals surface area contributed by atoms with Crippen molar-refractivity contribution in [2.45, 2.75) is 12.8 Å². The predicted octanol–water partition coefficient (Wildman–Crippen LogP) is -0.387. The summed E-state index contributed by atoms with van der Waals surface area (Å²) in [6.07, 6.45) is 2.20. The van der Waals surface area contributed by atoms with E-state index in [4.69, 9.17) is 0 Å². The SMILES string of the molecule is CN1CCc2[nH]c(=O)nc(C=O)c2CC1. The van der Waals surface area contributed by atoms with Crippen LogP contribution in [0.25, 0.3) is 0 Å². The molecular formula is C10H13N3O2. The van der Waals surface area contributed by atoms with Crippen LogP contribution in [0.4, 0.5) is 0 Å². The summed E-state index contributed by atoms with van der Waals surface area (Å²) in [5, 5.41) is 0. The van der Waals surface area contributed by atoms with Crippen molar-refractivity contribution in [1.82, 2.24) is 14.9 Å². The van der Waals surface area contributed by atoms with E-state index in [9.17, 15) is 9.59 Å². The Kier molecular flexibility index (Phi) is 2.64. The largest absolute Gasteiger partial charge is 0.345 e. The number of nitrogens with one attached hydrogen (secondary N) is 1. The molecule has 1 aromatic rings. The van der Waals surface area contributed by atoms with Crippen LogP contribution in [0.2, 0.25) is 0 Å². The van der Waals surface area contributed by atoms with Crippen molar-refractivity contribution in [2.24, 2.45) is 0 Å². The van der Waals surface area contributed by atoms with Crippen LogP contribution in [0, 0.1) is 0 Å². The van der Waals surface area contributed by atoms with Crippen LogP contribution < -0.4 is 5.69 Å². The molecule has 0 aromatic carbocycles. The van der Waals surface area contributed by atoms with E-state index < -0.39 is 5.69 Å². The van der Waals surface area contributed by atoms with Crippen LogP contribution in [0.3, 0.4) is 0 Å². The average Bonchev–Trinajstić information content (AvgIpc) is 2.40. The lowest BCUT2D eigenvalue weighted by Crippen LogP contribution is -2.20. The number of aromatic amines is 1. The second-order valence-corrected chi connectivity index (χ2v) is 3.81. The summed E-state index contributed by atoms with van der Waals surface area (Å²) in [4.78, 5) is 30.5. The lowest BCUT2D eigenvalue weighted by molar-refractivity contribution is 0.111. The Bertz CT molecular complexity index is 439. The Labute approximate surface area is 87.1 Å². The summed E-state index contributed by atoms with van der Waals surface area (Å²) in [5.41, 5.74) is 1.62. The molecule has 0 aliphatic carbocycles. The van der Waals surface area contributed by atoms with Crippen molar-refractivity contribution in [2.75, 3.05) is 20.1 Å². The van der Waals surface area contributed by atoms with Gasteiger partial charge < -0.3 is 9.88 Å². The first-order valence-electron chi connectivity index (χ1n) is 4.96. The molecule has 0 fully saturated rings. The molecule has 0 amide bonds. The first-order valence-corrected chi connectivity index (χ1v) is 4.96. The molecule has 80 valence electrons. The van der Waals surface area contributed by atoms with Crippen LogP contribution in [-0.4, -0.2) is 41.3 Å². The summed E-state index contributed by atoms with van der Waals surface area (Å²) in [7, 11) is 2.03. The highest BCUT2D eigenvalue weighted by Gasteiger charge is 2.16. The van der Waals surface area contributed by atoms with Gasteiger partial charge >= 0.3 is 5.69 Å². The number of nitrogens with zero attached hydrogens (tertiary/aromatic N) is 2. The number of likely N-dealkylation sites (N-methyl/N-ethyl adjacent to an activating group) is 1. The van der Waals surface area contributed by atoms with Gasteiger partial charge in [0.05, 0.1) is 0 Å². The molecule has 1 aliphatic rings. The predicted molar refractivity (Wildman–Crippen MR) is 55.2 cm³/mol. The molecule has 5 heteroatoms. The molecule has 0 radical (unpaired) electrons. The Hall–Kier alpha value is -1.49. The quantitative estimate of drug-likeness (QED) is 0.637. The van der Waals surface area contributed by atoms with Crippen molar-refractivity contribution < 1.29 is 4.79 Å². The van der Waals surface area contributed by atoms with Gasteiger partial charge in [0.2, 0.25) is 0 Å². The standard InChI is InChI=1S/C10H13N3O2/c1-13-4-2-7-8(3-5-13)11-10(15)12-9(7)6-14/h6H,2-5H2,1H3,(H,11,12,15). The fourth-order valence-corrected chi connectivity index (χ4v) is 1.87. The van der Waals surface area contributed by atoms with Crippen molar-refractivity contribution in [3.8, 4) is 0 Å². The summed E-state index contributed by atoms with van der Waals surface area (Å²) in [6.45, 7) is 1.78. The van der Waals surface area contributed by atoms with Crippen LogP contribution in [0.5, 0.6) is 0 Å². The summed E-state index contributed by atoms with van der Waals surface area (Å²) >= 11 is 0. The van der Waals surface area contributed by atoms with Crippen molar-refractivity contribution in [1.29, 1.82) is 0 Å². The zero-order valence-electron chi connectivity index (χ0n) is 8.62. The van der Waals surface area contributed by atoms with E-state index in [2.05, 4.69) is 14.9 Å². The average molecular weight is 207 g/mol. The number of carbonyl (C=O) groups excluding carboxylic acids is 1. The van der Waals surface area contributed by atoms with Gasteiger partial charge in [-0.15, -0.1) is 0 Å². The topological polar surface area (TPSA) is 66.1 Å². The molecule has 5 nitrogen and oxygen atoms in total. The number of fused-ring (bicyclic) bond motifs is 1. The number of rotatable bonds is 1. The molecule has 0 saturated heterocycles. The minimum Gasteiger partial charge on any atom is -0.309 e. The molecule has 0 atom stereocenters. The van der Waals surface area contributed by atoms with E-state index in [0.29, 0.717) is 12.0 Å². The second kappa shape index (κ2) is 3.94. The highest BCUT2D eigenvalue weighted by Crippen LogP contribution is 2.13. The third-order valence-corrected chi connectivity index (χ3v) is 2.75. The zero-order chi connectivity index (χ0) is 10.8. The molecule has 0 bridgehead atoms. The first-order chi connectivity index (χ1) is 7.20. The molecule has 1 N–H and O–H groups in total. The van der Waals surface area contributed by atoms with E-state index in [1.54, 1.807) is 0 Å². The highest BCUT2D eigenvalue weighted by atomic mass is 16.1. The normalized spacial score (nSPS) is 16.9. The minimum atomic E-state index is -0.430. The van der Waals surface area contributed by atoms with E-state index in [-0.39, 0.29) is 0 Å². The molecule has 2 rings (SSSR count). The van der Waals surface area contributed by atoms with Crippen LogP contribution >= 0.6 is 0 Å². The molecule has 0 unspecified atom stereocenters. The van der Waals surface area contributed by atoms with Gasteiger partial charge in [-0.05, 0) is 13.5 Å². The number of H-pyrrole nitrogens is 1. The van der Waals surface area contributed by atoms with Crippen LogP contribution in [0.15, 0.2) is 4.79 Å².